The van der Waals surface area contributed by atoms with Crippen molar-refractivity contribution in [3.8, 4) is 17.8 Å². The number of aromatic nitrogens is 2. The highest BCUT2D eigenvalue weighted by Gasteiger charge is 2.13. The van der Waals surface area contributed by atoms with Gasteiger partial charge in [-0.15, -0.1) is 0 Å². The molecular weight excluding hydrogens is 300 g/mol. The largest absolute Gasteiger partial charge is 0.494 e. The number of pyridine rings is 1. The Bertz CT molecular complexity index is 892. The van der Waals surface area contributed by atoms with E-state index in [1.807, 2.05) is 6.07 Å². The Balaban J connectivity index is 1.97. The van der Waals surface area contributed by atoms with Crippen LogP contribution in [0.15, 0.2) is 48.8 Å². The molecule has 6 heteroatoms. The first-order chi connectivity index (χ1) is 11.1. The van der Waals surface area contributed by atoms with Gasteiger partial charge in [0.2, 0.25) is 0 Å². The first-order valence-electron chi connectivity index (χ1n) is 6.78. The molecule has 0 aliphatic rings. The summed E-state index contributed by atoms with van der Waals surface area (Å²) in [5.41, 5.74) is 0.851. The third-order valence-electron chi connectivity index (χ3n) is 3.42. The van der Waals surface area contributed by atoms with Gasteiger partial charge in [0.25, 0.3) is 0 Å². The molecule has 0 amide bonds. The minimum absolute atomic E-state index is 0.00297. The standard InChI is InChI=1S/C17H11F2N3O/c18-14-2-1-3-15(19)13(14)6-12-8-17(23)22(10-12)16-7-11(9-20)4-5-21-16/h1-5,7-8,10,23H,6H2. The van der Waals surface area contributed by atoms with E-state index in [1.54, 1.807) is 6.07 Å². The smallest absolute Gasteiger partial charge is 0.197 e. The molecule has 0 unspecified atom stereocenters. The fraction of sp³-hybridized carbons (Fsp3) is 0.0588. The molecule has 2 heterocycles. The van der Waals surface area contributed by atoms with Crippen LogP contribution in [0, 0.1) is 23.0 Å². The molecule has 0 saturated heterocycles. The van der Waals surface area contributed by atoms with Gasteiger partial charge in [0, 0.05) is 30.4 Å². The van der Waals surface area contributed by atoms with Crippen LogP contribution in [0.5, 0.6) is 5.88 Å². The Morgan fingerprint density at radius 3 is 2.61 bits per heavy atom. The molecule has 3 aromatic rings. The Hall–Kier alpha value is -3.20. The Kier molecular flexibility index (Phi) is 3.77. The second kappa shape index (κ2) is 5.89. The maximum atomic E-state index is 13.7. The monoisotopic (exact) mass is 311 g/mol. The van der Waals surface area contributed by atoms with Gasteiger partial charge in [-0.3, -0.25) is 4.57 Å². The van der Waals surface area contributed by atoms with Crippen molar-refractivity contribution in [2.45, 2.75) is 6.42 Å². The van der Waals surface area contributed by atoms with Crippen molar-refractivity contribution >= 4 is 0 Å². The van der Waals surface area contributed by atoms with Gasteiger partial charge < -0.3 is 5.11 Å². The number of aromatic hydroxyl groups is 1. The summed E-state index contributed by atoms with van der Waals surface area (Å²) in [4.78, 5) is 4.08. The fourth-order valence-electron chi connectivity index (χ4n) is 2.31. The van der Waals surface area contributed by atoms with Crippen molar-refractivity contribution in [2.24, 2.45) is 0 Å². The summed E-state index contributed by atoms with van der Waals surface area (Å²) in [6.07, 6.45) is 2.98. The quantitative estimate of drug-likeness (QED) is 0.807. The van der Waals surface area contributed by atoms with Crippen molar-refractivity contribution in [2.75, 3.05) is 0 Å². The molecule has 0 radical (unpaired) electrons. The summed E-state index contributed by atoms with van der Waals surface area (Å²) in [6.45, 7) is 0. The molecular formula is C17H11F2N3O. The van der Waals surface area contributed by atoms with E-state index in [-0.39, 0.29) is 17.9 Å². The molecule has 0 atom stereocenters. The number of rotatable bonds is 3. The van der Waals surface area contributed by atoms with Gasteiger partial charge in [0.1, 0.15) is 17.5 Å². The summed E-state index contributed by atoms with van der Waals surface area (Å²) >= 11 is 0. The van der Waals surface area contributed by atoms with E-state index in [0.29, 0.717) is 16.9 Å². The third kappa shape index (κ3) is 2.90. The average Bonchev–Trinajstić information content (AvgIpc) is 2.92. The van der Waals surface area contributed by atoms with Crippen LogP contribution in [0.2, 0.25) is 0 Å². The highest BCUT2D eigenvalue weighted by Crippen LogP contribution is 2.24. The van der Waals surface area contributed by atoms with Crippen LogP contribution in [-0.2, 0) is 6.42 Å². The van der Waals surface area contributed by atoms with Gasteiger partial charge in [-0.25, -0.2) is 13.8 Å². The molecule has 3 rings (SSSR count). The van der Waals surface area contributed by atoms with Gasteiger partial charge in [0.05, 0.1) is 11.6 Å². The lowest BCUT2D eigenvalue weighted by atomic mass is 10.1. The second-order valence-corrected chi connectivity index (χ2v) is 4.97. The fourth-order valence-corrected chi connectivity index (χ4v) is 2.31. The molecule has 0 fully saturated rings. The van der Waals surface area contributed by atoms with E-state index in [2.05, 4.69) is 4.98 Å². The van der Waals surface area contributed by atoms with Crippen LogP contribution in [-0.4, -0.2) is 14.7 Å². The predicted molar refractivity (Wildman–Crippen MR) is 79.1 cm³/mol. The first-order valence-corrected chi connectivity index (χ1v) is 6.78. The number of nitrogens with zero attached hydrogens (tertiary/aromatic N) is 3. The number of hydrogen-bond donors (Lipinski definition) is 1. The maximum Gasteiger partial charge on any atom is 0.197 e. The van der Waals surface area contributed by atoms with E-state index in [9.17, 15) is 13.9 Å². The van der Waals surface area contributed by atoms with Crippen molar-refractivity contribution in [1.29, 1.82) is 5.26 Å². The third-order valence-corrected chi connectivity index (χ3v) is 3.42. The lowest BCUT2D eigenvalue weighted by molar-refractivity contribution is 0.441. The zero-order chi connectivity index (χ0) is 16.4. The molecule has 0 aliphatic heterocycles. The van der Waals surface area contributed by atoms with E-state index >= 15 is 0 Å². The van der Waals surface area contributed by atoms with Gasteiger partial charge in [-0.2, -0.15) is 5.26 Å². The summed E-state index contributed by atoms with van der Waals surface area (Å²) in [5.74, 6) is -1.05. The predicted octanol–water partition coefficient (Wildman–Crippen LogP) is 3.32. The van der Waals surface area contributed by atoms with Crippen LogP contribution in [0.25, 0.3) is 5.82 Å². The lowest BCUT2D eigenvalue weighted by Gasteiger charge is -2.04. The number of nitriles is 1. The molecule has 0 saturated carbocycles. The Morgan fingerprint density at radius 1 is 1.17 bits per heavy atom. The summed E-state index contributed by atoms with van der Waals surface area (Å²) in [6, 6.07) is 10.1. The summed E-state index contributed by atoms with van der Waals surface area (Å²) in [5, 5.41) is 18.9. The van der Waals surface area contributed by atoms with Gasteiger partial charge in [-0.1, -0.05) is 6.07 Å². The summed E-state index contributed by atoms with van der Waals surface area (Å²) < 4.78 is 28.8. The molecule has 23 heavy (non-hydrogen) atoms. The Labute approximate surface area is 130 Å². The van der Waals surface area contributed by atoms with Crippen molar-refractivity contribution in [1.82, 2.24) is 9.55 Å². The van der Waals surface area contributed by atoms with Crippen molar-refractivity contribution < 1.29 is 13.9 Å². The van der Waals surface area contributed by atoms with Crippen LogP contribution in [0.1, 0.15) is 16.7 Å². The van der Waals surface area contributed by atoms with E-state index in [0.717, 1.165) is 0 Å². The van der Waals surface area contributed by atoms with E-state index in [1.165, 1.54) is 47.3 Å². The van der Waals surface area contributed by atoms with E-state index in [4.69, 9.17) is 5.26 Å². The van der Waals surface area contributed by atoms with Gasteiger partial charge >= 0.3 is 0 Å². The maximum absolute atomic E-state index is 13.7. The van der Waals surface area contributed by atoms with Crippen LogP contribution < -0.4 is 0 Å². The molecule has 4 nitrogen and oxygen atoms in total. The second-order valence-electron chi connectivity index (χ2n) is 4.97. The topological polar surface area (TPSA) is 61.8 Å². The molecule has 0 spiro atoms. The molecule has 1 N–H and O–H groups in total. The highest BCUT2D eigenvalue weighted by molar-refractivity contribution is 5.41. The normalized spacial score (nSPS) is 10.5. The summed E-state index contributed by atoms with van der Waals surface area (Å²) in [7, 11) is 0. The minimum atomic E-state index is -0.637. The zero-order valence-corrected chi connectivity index (χ0v) is 11.9. The van der Waals surface area contributed by atoms with Crippen LogP contribution in [0.3, 0.4) is 0 Å². The average molecular weight is 311 g/mol. The molecule has 2 aromatic heterocycles. The van der Waals surface area contributed by atoms with Gasteiger partial charge in [-0.05, 0) is 29.8 Å². The lowest BCUT2D eigenvalue weighted by Crippen LogP contribution is -1.97. The van der Waals surface area contributed by atoms with Crippen LogP contribution >= 0.6 is 0 Å². The molecule has 0 bridgehead atoms. The van der Waals surface area contributed by atoms with E-state index < -0.39 is 11.6 Å². The first kappa shape index (κ1) is 14.7. The number of hydrogen-bond acceptors (Lipinski definition) is 3. The molecule has 1 aromatic carbocycles. The zero-order valence-electron chi connectivity index (χ0n) is 11.9. The van der Waals surface area contributed by atoms with Gasteiger partial charge in [0.15, 0.2) is 5.88 Å². The Morgan fingerprint density at radius 2 is 1.91 bits per heavy atom. The van der Waals surface area contributed by atoms with Crippen LogP contribution in [0.4, 0.5) is 8.78 Å². The molecule has 114 valence electrons. The SMILES string of the molecule is N#Cc1ccnc(-n2cc(Cc3c(F)cccc3F)cc2O)c1. The minimum Gasteiger partial charge on any atom is -0.494 e. The number of halogens is 2. The van der Waals surface area contributed by atoms with Crippen molar-refractivity contribution in [3.05, 3.63) is 77.1 Å². The van der Waals surface area contributed by atoms with Crippen molar-refractivity contribution in [3.63, 3.8) is 0 Å². The highest BCUT2D eigenvalue weighted by atomic mass is 19.1. The molecule has 0 aliphatic carbocycles. The number of benzene rings is 1.